The summed E-state index contributed by atoms with van der Waals surface area (Å²) in [6, 6.07) is 18.4. The van der Waals surface area contributed by atoms with Crippen molar-refractivity contribution in [2.24, 2.45) is 0 Å². The monoisotopic (exact) mass is 464 g/mol. The van der Waals surface area contributed by atoms with E-state index in [0.717, 1.165) is 5.56 Å². The Bertz CT molecular complexity index is 1330. The molecule has 5 rings (SSSR count). The Labute approximate surface area is 193 Å². The van der Waals surface area contributed by atoms with Crippen LogP contribution in [0.5, 0.6) is 5.88 Å². The largest absolute Gasteiger partial charge is 0.455 e. The average molecular weight is 465 g/mol. The molecule has 0 aliphatic carbocycles. The zero-order valence-corrected chi connectivity index (χ0v) is 18.7. The van der Waals surface area contributed by atoms with Crippen LogP contribution >= 0.6 is 23.4 Å². The van der Waals surface area contributed by atoms with E-state index in [9.17, 15) is 4.79 Å². The van der Waals surface area contributed by atoms with E-state index in [0.29, 0.717) is 38.6 Å². The molecular weight excluding hydrogens is 448 g/mol. The summed E-state index contributed by atoms with van der Waals surface area (Å²) in [5.74, 6) is 1.13. The maximum absolute atomic E-state index is 12.8. The second-order valence-electron chi connectivity index (χ2n) is 7.04. The number of anilines is 1. The molecule has 0 fully saturated rings. The Morgan fingerprint density at radius 3 is 2.72 bits per heavy atom. The van der Waals surface area contributed by atoms with Gasteiger partial charge in [0.15, 0.2) is 11.5 Å². The lowest BCUT2D eigenvalue weighted by Gasteiger charge is -2.28. The van der Waals surface area contributed by atoms with Gasteiger partial charge in [-0.25, -0.2) is 0 Å². The smallest absolute Gasteiger partial charge is 0.247 e. The van der Waals surface area contributed by atoms with Crippen LogP contribution in [-0.2, 0) is 4.79 Å². The minimum absolute atomic E-state index is 0.214. The highest BCUT2D eigenvalue weighted by molar-refractivity contribution is 7.98. The molecule has 0 bridgehead atoms. The quantitative estimate of drug-likeness (QED) is 0.364. The molecule has 0 saturated heterocycles. The van der Waals surface area contributed by atoms with Crippen molar-refractivity contribution >= 4 is 35.0 Å². The van der Waals surface area contributed by atoms with Crippen molar-refractivity contribution < 1.29 is 13.9 Å². The molecule has 160 valence electrons. The molecule has 0 spiro atoms. The number of para-hydroxylation sites is 1. The van der Waals surface area contributed by atoms with Gasteiger partial charge in [0, 0.05) is 23.1 Å². The van der Waals surface area contributed by atoms with E-state index in [1.165, 1.54) is 23.6 Å². The van der Waals surface area contributed by atoms with Gasteiger partial charge in [0.2, 0.25) is 23.2 Å². The summed E-state index contributed by atoms with van der Waals surface area (Å²) in [7, 11) is 0. The highest BCUT2D eigenvalue weighted by Crippen LogP contribution is 2.44. The van der Waals surface area contributed by atoms with Crippen LogP contribution in [0.4, 0.5) is 5.69 Å². The van der Waals surface area contributed by atoms with Gasteiger partial charge in [-0.3, -0.25) is 9.69 Å². The zero-order chi connectivity index (χ0) is 22.2. The fraction of sp³-hybridized carbons (Fsp3) is 0.130. The molecule has 1 amide bonds. The summed E-state index contributed by atoms with van der Waals surface area (Å²) in [6.07, 6.45) is 0.978. The number of carbonyl (C=O) groups excluding carboxylic acids is 1. The number of thioether (sulfide) groups is 1. The van der Waals surface area contributed by atoms with Crippen molar-refractivity contribution in [3.63, 3.8) is 0 Å². The fourth-order valence-corrected chi connectivity index (χ4v) is 4.09. The van der Waals surface area contributed by atoms with Crippen LogP contribution in [0.2, 0.25) is 5.02 Å². The van der Waals surface area contributed by atoms with E-state index in [1.807, 2.05) is 54.8 Å². The summed E-state index contributed by atoms with van der Waals surface area (Å²) in [5, 5.41) is 9.56. The van der Waals surface area contributed by atoms with E-state index in [1.54, 1.807) is 12.1 Å². The molecule has 4 aromatic rings. The Kier molecular flexibility index (Phi) is 5.32. The van der Waals surface area contributed by atoms with E-state index in [-0.39, 0.29) is 11.8 Å². The van der Waals surface area contributed by atoms with Crippen LogP contribution in [-0.4, -0.2) is 27.3 Å². The Morgan fingerprint density at radius 2 is 1.94 bits per heavy atom. The highest BCUT2D eigenvalue weighted by atomic mass is 35.5. The second-order valence-corrected chi connectivity index (χ2v) is 8.25. The number of carbonyl (C=O) groups is 1. The second kappa shape index (κ2) is 8.29. The van der Waals surface area contributed by atoms with E-state index in [2.05, 4.69) is 15.2 Å². The summed E-state index contributed by atoms with van der Waals surface area (Å²) < 4.78 is 12.4. The first kappa shape index (κ1) is 20.5. The number of ether oxygens (including phenoxy) is 1. The van der Waals surface area contributed by atoms with Crippen LogP contribution in [0.1, 0.15) is 18.9 Å². The SMILES string of the molecule is CSc1nnc2c(n1)O[C@@H](c1ccc(-c3cccc(Cl)c3)o1)N(C(C)=O)c1ccccc1-2. The molecule has 1 atom stereocenters. The first-order valence-electron chi connectivity index (χ1n) is 9.75. The number of nitrogens with zero attached hydrogens (tertiary/aromatic N) is 4. The molecule has 2 aromatic heterocycles. The average Bonchev–Trinajstić information content (AvgIpc) is 3.23. The van der Waals surface area contributed by atoms with Gasteiger partial charge < -0.3 is 9.15 Å². The Morgan fingerprint density at radius 1 is 1.09 bits per heavy atom. The van der Waals surface area contributed by atoms with Crippen LogP contribution < -0.4 is 9.64 Å². The molecule has 7 nitrogen and oxygen atoms in total. The maximum Gasteiger partial charge on any atom is 0.247 e. The number of aromatic nitrogens is 3. The first-order chi connectivity index (χ1) is 15.5. The van der Waals surface area contributed by atoms with Gasteiger partial charge in [0.05, 0.1) is 5.69 Å². The van der Waals surface area contributed by atoms with Gasteiger partial charge in [-0.15, -0.1) is 10.2 Å². The molecule has 0 saturated carbocycles. The van der Waals surface area contributed by atoms with Crippen LogP contribution in [0.3, 0.4) is 0 Å². The van der Waals surface area contributed by atoms with Gasteiger partial charge in [0.25, 0.3) is 0 Å². The van der Waals surface area contributed by atoms with E-state index >= 15 is 0 Å². The Hall–Kier alpha value is -3.36. The van der Waals surface area contributed by atoms with Gasteiger partial charge >= 0.3 is 0 Å². The third kappa shape index (κ3) is 3.61. The lowest BCUT2D eigenvalue weighted by atomic mass is 10.1. The van der Waals surface area contributed by atoms with Crippen molar-refractivity contribution in [2.75, 3.05) is 11.2 Å². The molecule has 32 heavy (non-hydrogen) atoms. The number of furan rings is 1. The molecule has 0 unspecified atom stereocenters. The molecule has 3 heterocycles. The summed E-state index contributed by atoms with van der Waals surface area (Å²) in [5.41, 5.74) is 2.63. The lowest BCUT2D eigenvalue weighted by molar-refractivity contribution is -0.118. The van der Waals surface area contributed by atoms with Gasteiger partial charge in [-0.1, -0.05) is 53.7 Å². The Balaban J connectivity index is 1.67. The summed E-state index contributed by atoms with van der Waals surface area (Å²) in [4.78, 5) is 18.9. The van der Waals surface area contributed by atoms with Crippen LogP contribution in [0, 0.1) is 0 Å². The first-order valence-corrected chi connectivity index (χ1v) is 11.4. The minimum Gasteiger partial charge on any atom is -0.455 e. The summed E-state index contributed by atoms with van der Waals surface area (Å²) >= 11 is 7.49. The number of amides is 1. The number of rotatable bonds is 3. The number of halogens is 1. The molecule has 0 N–H and O–H groups in total. The molecule has 1 aliphatic rings. The fourth-order valence-electron chi connectivity index (χ4n) is 3.61. The zero-order valence-electron chi connectivity index (χ0n) is 17.2. The molecule has 9 heteroatoms. The molecule has 0 radical (unpaired) electrons. The van der Waals surface area contributed by atoms with Crippen molar-refractivity contribution in [1.29, 1.82) is 0 Å². The van der Waals surface area contributed by atoms with Crippen LogP contribution in [0.15, 0.2) is 70.2 Å². The van der Waals surface area contributed by atoms with E-state index < -0.39 is 6.23 Å². The van der Waals surface area contributed by atoms with E-state index in [4.69, 9.17) is 20.8 Å². The maximum atomic E-state index is 12.8. The van der Waals surface area contributed by atoms with Crippen LogP contribution in [0.25, 0.3) is 22.6 Å². The van der Waals surface area contributed by atoms with Crippen molar-refractivity contribution in [2.45, 2.75) is 18.3 Å². The normalized spacial score (nSPS) is 14.8. The lowest BCUT2D eigenvalue weighted by Crippen LogP contribution is -2.35. The predicted octanol–water partition coefficient (Wildman–Crippen LogP) is 5.62. The number of hydrogen-bond donors (Lipinski definition) is 0. The van der Waals surface area contributed by atoms with Gasteiger partial charge in [-0.2, -0.15) is 4.98 Å². The van der Waals surface area contributed by atoms with Gasteiger partial charge in [0.1, 0.15) is 5.76 Å². The van der Waals surface area contributed by atoms with Crippen molar-refractivity contribution in [1.82, 2.24) is 15.2 Å². The predicted molar refractivity (Wildman–Crippen MR) is 123 cm³/mol. The third-order valence-electron chi connectivity index (χ3n) is 5.01. The standard InChI is InChI=1S/C23H17ClN4O3S/c1-13(29)28-17-9-4-3-8-16(17)20-21(25-23(32-2)27-26-20)31-22(28)19-11-10-18(30-19)14-6-5-7-15(24)12-14/h3-12,22H,1-2H3/t22-/m0/s1. The molecule has 1 aliphatic heterocycles. The van der Waals surface area contributed by atoms with Crippen molar-refractivity contribution in [3.8, 4) is 28.5 Å². The number of benzene rings is 2. The topological polar surface area (TPSA) is 81.3 Å². The number of hydrogen-bond acceptors (Lipinski definition) is 7. The van der Waals surface area contributed by atoms with Crippen molar-refractivity contribution in [3.05, 3.63) is 71.4 Å². The molecular formula is C23H17ClN4O3S. The number of fused-ring (bicyclic) bond motifs is 3. The third-order valence-corrected chi connectivity index (χ3v) is 5.79. The minimum atomic E-state index is -0.880. The van der Waals surface area contributed by atoms with Gasteiger partial charge in [-0.05, 0) is 36.6 Å². The highest BCUT2D eigenvalue weighted by Gasteiger charge is 2.36. The molecule has 2 aromatic carbocycles. The summed E-state index contributed by atoms with van der Waals surface area (Å²) in [6.45, 7) is 1.48.